The van der Waals surface area contributed by atoms with Crippen molar-refractivity contribution in [2.45, 2.75) is 40.0 Å². The van der Waals surface area contributed by atoms with E-state index < -0.39 is 0 Å². The maximum absolute atomic E-state index is 12.2. The fraction of sp³-hybridized carbons (Fsp3) is 0.619. The Balaban J connectivity index is 1.77. The summed E-state index contributed by atoms with van der Waals surface area (Å²) in [5.41, 5.74) is 1.99. The molecule has 26 heavy (non-hydrogen) atoms. The Labute approximate surface area is 157 Å². The standard InChI is InChI=1S/C21H33N3O2/c1-4-23(5-2)15-12-22-21(26)20-8-6-18(7-9-20)16-19-10-13-24(14-11-19)17(3)25/h6-9,19H,4-5,10-16H2,1-3H3,(H,22,26). The van der Waals surface area contributed by atoms with Crippen molar-refractivity contribution in [3.63, 3.8) is 0 Å². The molecule has 5 heteroatoms. The molecule has 1 fully saturated rings. The van der Waals surface area contributed by atoms with Crippen LogP contribution in [0.15, 0.2) is 24.3 Å². The molecule has 1 heterocycles. The summed E-state index contributed by atoms with van der Waals surface area (Å²) in [5.74, 6) is 0.803. The van der Waals surface area contributed by atoms with Crippen LogP contribution in [-0.4, -0.2) is 60.9 Å². The van der Waals surface area contributed by atoms with Crippen LogP contribution in [0, 0.1) is 5.92 Å². The quantitative estimate of drug-likeness (QED) is 0.776. The number of benzene rings is 1. The molecule has 0 atom stereocenters. The van der Waals surface area contributed by atoms with Crippen molar-refractivity contribution in [2.24, 2.45) is 5.92 Å². The number of hydrogen-bond acceptors (Lipinski definition) is 3. The van der Waals surface area contributed by atoms with Crippen LogP contribution >= 0.6 is 0 Å². The minimum absolute atomic E-state index is 0.00141. The number of hydrogen-bond donors (Lipinski definition) is 1. The molecule has 0 aliphatic carbocycles. The van der Waals surface area contributed by atoms with Crippen LogP contribution in [0.1, 0.15) is 49.5 Å². The van der Waals surface area contributed by atoms with Gasteiger partial charge < -0.3 is 15.1 Å². The Bertz CT molecular complexity index is 573. The zero-order valence-corrected chi connectivity index (χ0v) is 16.5. The predicted octanol–water partition coefficient (Wildman–Crippen LogP) is 2.56. The van der Waals surface area contributed by atoms with E-state index in [0.29, 0.717) is 12.5 Å². The summed E-state index contributed by atoms with van der Waals surface area (Å²) in [5, 5.41) is 3.00. The lowest BCUT2D eigenvalue weighted by Crippen LogP contribution is -2.37. The highest BCUT2D eigenvalue weighted by atomic mass is 16.2. The van der Waals surface area contributed by atoms with E-state index in [2.05, 4.69) is 36.2 Å². The highest BCUT2D eigenvalue weighted by Crippen LogP contribution is 2.22. The van der Waals surface area contributed by atoms with Crippen LogP contribution in [0.5, 0.6) is 0 Å². The number of carbonyl (C=O) groups excluding carboxylic acids is 2. The summed E-state index contributed by atoms with van der Waals surface area (Å²) < 4.78 is 0. The summed E-state index contributed by atoms with van der Waals surface area (Å²) in [4.78, 5) is 27.9. The summed E-state index contributed by atoms with van der Waals surface area (Å²) in [6, 6.07) is 7.98. The van der Waals surface area contributed by atoms with E-state index in [1.807, 2.05) is 17.0 Å². The van der Waals surface area contributed by atoms with Gasteiger partial charge >= 0.3 is 0 Å². The normalized spacial score (nSPS) is 15.3. The maximum atomic E-state index is 12.2. The SMILES string of the molecule is CCN(CC)CCNC(=O)c1ccc(CC2CCN(C(C)=O)CC2)cc1. The monoisotopic (exact) mass is 359 g/mol. The molecule has 1 N–H and O–H groups in total. The number of amides is 2. The van der Waals surface area contributed by atoms with E-state index in [-0.39, 0.29) is 11.8 Å². The molecule has 0 bridgehead atoms. The van der Waals surface area contributed by atoms with Gasteiger partial charge in [-0.05, 0) is 56.0 Å². The number of nitrogens with one attached hydrogen (secondary N) is 1. The average Bonchev–Trinajstić information content (AvgIpc) is 2.66. The minimum atomic E-state index is -0.00141. The maximum Gasteiger partial charge on any atom is 0.251 e. The van der Waals surface area contributed by atoms with Gasteiger partial charge in [0, 0.05) is 38.7 Å². The number of carbonyl (C=O) groups is 2. The van der Waals surface area contributed by atoms with Gasteiger partial charge in [0.25, 0.3) is 5.91 Å². The van der Waals surface area contributed by atoms with Crippen LogP contribution in [0.4, 0.5) is 0 Å². The van der Waals surface area contributed by atoms with Gasteiger partial charge in [0.15, 0.2) is 0 Å². The number of piperidine rings is 1. The van der Waals surface area contributed by atoms with Crippen LogP contribution < -0.4 is 5.32 Å². The second kappa shape index (κ2) is 10.3. The van der Waals surface area contributed by atoms with Gasteiger partial charge in [0.05, 0.1) is 0 Å². The first-order valence-electron chi connectivity index (χ1n) is 9.88. The van der Waals surface area contributed by atoms with E-state index in [1.54, 1.807) is 6.92 Å². The highest BCUT2D eigenvalue weighted by Gasteiger charge is 2.20. The third-order valence-electron chi connectivity index (χ3n) is 5.41. The average molecular weight is 360 g/mol. The number of nitrogens with zero attached hydrogens (tertiary/aromatic N) is 2. The first-order valence-corrected chi connectivity index (χ1v) is 9.88. The zero-order chi connectivity index (χ0) is 18.9. The molecule has 2 amide bonds. The summed E-state index contributed by atoms with van der Waals surface area (Å²) >= 11 is 0. The number of likely N-dealkylation sites (tertiary alicyclic amines) is 1. The van der Waals surface area contributed by atoms with Gasteiger partial charge in [0.2, 0.25) is 5.91 Å². The Kier molecular flexibility index (Phi) is 8.10. The zero-order valence-electron chi connectivity index (χ0n) is 16.5. The molecule has 144 valence electrons. The molecule has 1 aliphatic rings. The van der Waals surface area contributed by atoms with Crippen LogP contribution in [-0.2, 0) is 11.2 Å². The van der Waals surface area contributed by atoms with E-state index in [0.717, 1.165) is 57.5 Å². The van der Waals surface area contributed by atoms with Crippen molar-refractivity contribution in [3.8, 4) is 0 Å². The predicted molar refractivity (Wildman–Crippen MR) is 105 cm³/mol. The van der Waals surface area contributed by atoms with Crippen molar-refractivity contribution in [1.82, 2.24) is 15.1 Å². The lowest BCUT2D eigenvalue weighted by atomic mass is 9.90. The second-order valence-electron chi connectivity index (χ2n) is 7.13. The van der Waals surface area contributed by atoms with E-state index >= 15 is 0 Å². The Morgan fingerprint density at radius 2 is 1.73 bits per heavy atom. The van der Waals surface area contributed by atoms with Gasteiger partial charge in [-0.3, -0.25) is 9.59 Å². The van der Waals surface area contributed by atoms with Gasteiger partial charge in [-0.15, -0.1) is 0 Å². The largest absolute Gasteiger partial charge is 0.351 e. The number of likely N-dealkylation sites (N-methyl/N-ethyl adjacent to an activating group) is 1. The molecule has 1 aromatic rings. The van der Waals surface area contributed by atoms with Crippen molar-refractivity contribution in [1.29, 1.82) is 0 Å². The molecule has 0 aromatic heterocycles. The fourth-order valence-corrected chi connectivity index (χ4v) is 3.55. The molecule has 1 saturated heterocycles. The van der Waals surface area contributed by atoms with Crippen LogP contribution in [0.3, 0.4) is 0 Å². The second-order valence-corrected chi connectivity index (χ2v) is 7.13. The lowest BCUT2D eigenvalue weighted by molar-refractivity contribution is -0.130. The van der Waals surface area contributed by atoms with Crippen LogP contribution in [0.2, 0.25) is 0 Å². The molecule has 0 radical (unpaired) electrons. The minimum Gasteiger partial charge on any atom is -0.351 e. The van der Waals surface area contributed by atoms with Crippen LogP contribution in [0.25, 0.3) is 0 Å². The first-order chi connectivity index (χ1) is 12.5. The fourth-order valence-electron chi connectivity index (χ4n) is 3.55. The van der Waals surface area contributed by atoms with Gasteiger partial charge in [-0.25, -0.2) is 0 Å². The van der Waals surface area contributed by atoms with Gasteiger partial charge in [-0.1, -0.05) is 26.0 Å². The highest BCUT2D eigenvalue weighted by molar-refractivity contribution is 5.94. The lowest BCUT2D eigenvalue weighted by Gasteiger charge is -2.31. The summed E-state index contributed by atoms with van der Waals surface area (Å²) in [7, 11) is 0. The molecule has 0 saturated carbocycles. The topological polar surface area (TPSA) is 52.7 Å². The summed E-state index contributed by atoms with van der Waals surface area (Å²) in [6.45, 7) is 11.2. The molecule has 5 nitrogen and oxygen atoms in total. The van der Waals surface area contributed by atoms with Crippen molar-refractivity contribution in [2.75, 3.05) is 39.3 Å². The Hall–Kier alpha value is -1.88. The molecule has 0 spiro atoms. The third kappa shape index (κ3) is 6.13. The smallest absolute Gasteiger partial charge is 0.251 e. The van der Waals surface area contributed by atoms with E-state index in [9.17, 15) is 9.59 Å². The summed E-state index contributed by atoms with van der Waals surface area (Å²) in [6.07, 6.45) is 3.15. The number of rotatable bonds is 8. The molecule has 2 rings (SSSR count). The van der Waals surface area contributed by atoms with Gasteiger partial charge in [-0.2, -0.15) is 0 Å². The Morgan fingerprint density at radius 3 is 2.27 bits per heavy atom. The Morgan fingerprint density at radius 1 is 1.12 bits per heavy atom. The van der Waals surface area contributed by atoms with Crippen molar-refractivity contribution >= 4 is 11.8 Å². The molecular weight excluding hydrogens is 326 g/mol. The van der Waals surface area contributed by atoms with Crippen molar-refractivity contribution in [3.05, 3.63) is 35.4 Å². The molecule has 1 aliphatic heterocycles. The molecule has 1 aromatic carbocycles. The van der Waals surface area contributed by atoms with E-state index in [1.165, 1.54) is 5.56 Å². The molecule has 0 unspecified atom stereocenters. The van der Waals surface area contributed by atoms with Crippen molar-refractivity contribution < 1.29 is 9.59 Å². The van der Waals surface area contributed by atoms with Gasteiger partial charge in [0.1, 0.15) is 0 Å². The van der Waals surface area contributed by atoms with E-state index in [4.69, 9.17) is 0 Å². The molecular formula is C21H33N3O2. The third-order valence-corrected chi connectivity index (χ3v) is 5.41. The first kappa shape index (κ1) is 20.4.